The third-order valence-electron chi connectivity index (χ3n) is 2.70. The van der Waals surface area contributed by atoms with Crippen LogP contribution in [0.4, 0.5) is 0 Å². The van der Waals surface area contributed by atoms with Crippen molar-refractivity contribution in [3.63, 3.8) is 0 Å². The Hall–Kier alpha value is -1.85. The predicted octanol–water partition coefficient (Wildman–Crippen LogP) is 0.675. The molecule has 0 aromatic carbocycles. The number of aliphatic carboxylic acids is 1. The molecule has 0 aliphatic heterocycles. The number of carboxylic acids is 1. The van der Waals surface area contributed by atoms with Gasteiger partial charge in [-0.1, -0.05) is 6.92 Å². The van der Waals surface area contributed by atoms with Crippen molar-refractivity contribution in [3.05, 3.63) is 11.1 Å². The zero-order valence-electron chi connectivity index (χ0n) is 11.3. The van der Waals surface area contributed by atoms with E-state index in [1.165, 1.54) is 32.9 Å². The van der Waals surface area contributed by atoms with Crippen LogP contribution in [-0.4, -0.2) is 48.6 Å². The molecule has 0 aromatic rings. The van der Waals surface area contributed by atoms with E-state index < -0.39 is 23.8 Å². The standard InChI is InChI=1S/C12H19NO5/c1-7(12(17)18-5)6-13(4)10(14)8(2)9(3)11(15)16/h7H,6H2,1-5H3,(H,15,16). The minimum absolute atomic E-state index is 0.00225. The van der Waals surface area contributed by atoms with Crippen LogP contribution in [0.3, 0.4) is 0 Å². The molecule has 0 fully saturated rings. The number of nitrogens with zero attached hydrogens (tertiary/aromatic N) is 1. The third-order valence-corrected chi connectivity index (χ3v) is 2.70. The second-order valence-electron chi connectivity index (χ2n) is 4.17. The predicted molar refractivity (Wildman–Crippen MR) is 64.8 cm³/mol. The van der Waals surface area contributed by atoms with Gasteiger partial charge in [0.1, 0.15) is 0 Å². The van der Waals surface area contributed by atoms with E-state index >= 15 is 0 Å². The Morgan fingerprint density at radius 1 is 1.22 bits per heavy atom. The lowest BCUT2D eigenvalue weighted by atomic mass is 10.1. The summed E-state index contributed by atoms with van der Waals surface area (Å²) in [6.45, 7) is 4.63. The number of methoxy groups -OCH3 is 1. The molecule has 6 nitrogen and oxygen atoms in total. The fourth-order valence-corrected chi connectivity index (χ4v) is 1.38. The van der Waals surface area contributed by atoms with Crippen LogP contribution in [0.25, 0.3) is 0 Å². The summed E-state index contributed by atoms with van der Waals surface area (Å²) in [4.78, 5) is 35.2. The zero-order chi connectivity index (χ0) is 14.5. The van der Waals surface area contributed by atoms with Gasteiger partial charge < -0.3 is 14.7 Å². The minimum atomic E-state index is -1.13. The van der Waals surface area contributed by atoms with Gasteiger partial charge in [-0.15, -0.1) is 0 Å². The summed E-state index contributed by atoms with van der Waals surface area (Å²) >= 11 is 0. The van der Waals surface area contributed by atoms with E-state index in [0.717, 1.165) is 0 Å². The Morgan fingerprint density at radius 3 is 2.11 bits per heavy atom. The van der Waals surface area contributed by atoms with Crippen LogP contribution in [0.1, 0.15) is 20.8 Å². The summed E-state index contributed by atoms with van der Waals surface area (Å²) in [5, 5.41) is 8.79. The van der Waals surface area contributed by atoms with E-state index in [0.29, 0.717) is 0 Å². The molecule has 0 bridgehead atoms. The molecule has 0 aromatic heterocycles. The number of esters is 1. The molecule has 1 amide bonds. The van der Waals surface area contributed by atoms with E-state index in [4.69, 9.17) is 5.11 Å². The fourth-order valence-electron chi connectivity index (χ4n) is 1.38. The molecule has 6 heteroatoms. The number of hydrogen-bond donors (Lipinski definition) is 1. The van der Waals surface area contributed by atoms with Gasteiger partial charge in [0, 0.05) is 24.7 Å². The first kappa shape index (κ1) is 16.1. The number of carbonyl (C=O) groups excluding carboxylic acids is 2. The highest BCUT2D eigenvalue weighted by Crippen LogP contribution is 2.09. The lowest BCUT2D eigenvalue weighted by molar-refractivity contribution is -0.146. The number of likely N-dealkylation sites (N-methyl/N-ethyl adjacent to an activating group) is 1. The van der Waals surface area contributed by atoms with Gasteiger partial charge in [-0.2, -0.15) is 0 Å². The van der Waals surface area contributed by atoms with Crippen LogP contribution >= 0.6 is 0 Å². The van der Waals surface area contributed by atoms with Crippen molar-refractivity contribution in [2.75, 3.05) is 20.7 Å². The summed E-state index contributed by atoms with van der Waals surface area (Å²) in [5.41, 5.74) is 0.152. The highest BCUT2D eigenvalue weighted by atomic mass is 16.5. The SMILES string of the molecule is COC(=O)C(C)CN(C)C(=O)C(C)=C(C)C(=O)O. The highest BCUT2D eigenvalue weighted by molar-refractivity contribution is 6.01. The van der Waals surface area contributed by atoms with Gasteiger partial charge in [-0.3, -0.25) is 9.59 Å². The van der Waals surface area contributed by atoms with Gasteiger partial charge in [0.15, 0.2) is 0 Å². The summed E-state index contributed by atoms with van der Waals surface area (Å²) < 4.78 is 4.56. The van der Waals surface area contributed by atoms with Crippen LogP contribution in [0.5, 0.6) is 0 Å². The summed E-state index contributed by atoms with van der Waals surface area (Å²) in [7, 11) is 2.79. The first-order valence-electron chi connectivity index (χ1n) is 5.46. The highest BCUT2D eigenvalue weighted by Gasteiger charge is 2.21. The number of carboxylic acid groups (broad SMARTS) is 1. The van der Waals surface area contributed by atoms with Crippen LogP contribution in [0, 0.1) is 5.92 Å². The lowest BCUT2D eigenvalue weighted by Crippen LogP contribution is -2.35. The van der Waals surface area contributed by atoms with Crippen molar-refractivity contribution >= 4 is 17.8 Å². The maximum atomic E-state index is 11.9. The Morgan fingerprint density at radius 2 is 1.72 bits per heavy atom. The van der Waals surface area contributed by atoms with Crippen LogP contribution in [0.2, 0.25) is 0 Å². The molecule has 0 rings (SSSR count). The van der Waals surface area contributed by atoms with E-state index in [9.17, 15) is 14.4 Å². The molecule has 18 heavy (non-hydrogen) atoms. The average molecular weight is 257 g/mol. The monoisotopic (exact) mass is 257 g/mol. The number of carbonyl (C=O) groups is 3. The van der Waals surface area contributed by atoms with Gasteiger partial charge >= 0.3 is 11.9 Å². The smallest absolute Gasteiger partial charge is 0.331 e. The molecule has 0 aliphatic rings. The Labute approximate surface area is 106 Å². The van der Waals surface area contributed by atoms with Crippen LogP contribution in [0.15, 0.2) is 11.1 Å². The number of rotatable bonds is 5. The van der Waals surface area contributed by atoms with E-state index in [-0.39, 0.29) is 17.7 Å². The van der Waals surface area contributed by atoms with Gasteiger partial charge in [0.05, 0.1) is 13.0 Å². The Bertz CT molecular complexity index is 386. The normalized spacial score (nSPS) is 13.4. The van der Waals surface area contributed by atoms with Crippen molar-refractivity contribution in [1.82, 2.24) is 4.90 Å². The first-order valence-corrected chi connectivity index (χ1v) is 5.46. The van der Waals surface area contributed by atoms with E-state index in [2.05, 4.69) is 4.74 Å². The van der Waals surface area contributed by atoms with Crippen molar-refractivity contribution in [2.24, 2.45) is 5.92 Å². The first-order chi connectivity index (χ1) is 8.22. The lowest BCUT2D eigenvalue weighted by Gasteiger charge is -2.21. The molecule has 1 atom stereocenters. The molecule has 1 unspecified atom stereocenters. The number of ether oxygens (including phenoxy) is 1. The summed E-state index contributed by atoms with van der Waals surface area (Å²) in [6, 6.07) is 0. The molecule has 0 aliphatic carbocycles. The molecule has 0 heterocycles. The van der Waals surface area contributed by atoms with E-state index in [1.54, 1.807) is 6.92 Å². The topological polar surface area (TPSA) is 83.9 Å². The summed E-state index contributed by atoms with van der Waals surface area (Å²) in [6.07, 6.45) is 0. The maximum absolute atomic E-state index is 11.9. The van der Waals surface area contributed by atoms with Gasteiger partial charge in [0.25, 0.3) is 0 Å². The van der Waals surface area contributed by atoms with Crippen LogP contribution < -0.4 is 0 Å². The van der Waals surface area contributed by atoms with Crippen LogP contribution in [-0.2, 0) is 19.1 Å². The third kappa shape index (κ3) is 4.20. The molecule has 0 saturated carbocycles. The van der Waals surface area contributed by atoms with Gasteiger partial charge in [-0.05, 0) is 13.8 Å². The van der Waals surface area contributed by atoms with Gasteiger partial charge in [0.2, 0.25) is 5.91 Å². The van der Waals surface area contributed by atoms with Crippen molar-refractivity contribution in [2.45, 2.75) is 20.8 Å². The molecular weight excluding hydrogens is 238 g/mol. The minimum Gasteiger partial charge on any atom is -0.478 e. The van der Waals surface area contributed by atoms with Crippen molar-refractivity contribution in [1.29, 1.82) is 0 Å². The molecule has 102 valence electrons. The Kier molecular flexibility index (Phi) is 6.08. The average Bonchev–Trinajstić information content (AvgIpc) is 2.34. The van der Waals surface area contributed by atoms with E-state index in [1.807, 2.05) is 0 Å². The number of amides is 1. The fraction of sp³-hybridized carbons (Fsp3) is 0.583. The van der Waals surface area contributed by atoms with Crippen molar-refractivity contribution in [3.8, 4) is 0 Å². The second kappa shape index (κ2) is 6.78. The van der Waals surface area contributed by atoms with Gasteiger partial charge in [-0.25, -0.2) is 4.79 Å². The zero-order valence-corrected chi connectivity index (χ0v) is 11.3. The maximum Gasteiger partial charge on any atom is 0.331 e. The second-order valence-corrected chi connectivity index (χ2v) is 4.17. The molecule has 0 radical (unpaired) electrons. The largest absolute Gasteiger partial charge is 0.478 e. The Balaban J connectivity index is 4.77. The number of hydrogen-bond acceptors (Lipinski definition) is 4. The van der Waals surface area contributed by atoms with Crippen molar-refractivity contribution < 1.29 is 24.2 Å². The quantitative estimate of drug-likeness (QED) is 0.578. The molecular formula is C12H19NO5. The summed E-state index contributed by atoms with van der Waals surface area (Å²) in [5.74, 6) is -2.41. The molecule has 1 N–H and O–H groups in total. The molecule has 0 saturated heterocycles. The molecule has 0 spiro atoms.